The molecule has 0 spiro atoms. The van der Waals surface area contributed by atoms with Crippen molar-refractivity contribution in [1.29, 1.82) is 0 Å². The van der Waals surface area contributed by atoms with E-state index < -0.39 is 97.5 Å². The number of hydrogen-bond donors (Lipinski definition) is 3. The molecule has 0 aromatic heterocycles. The molecule has 3 N–H and O–H groups in total. The molecule has 2 unspecified atom stereocenters. The Morgan fingerprint density at radius 2 is 0.524 bits per heavy atom. The Hall–Kier alpha value is -2.46. The smallest absolute Gasteiger partial charge is 0.462 e. The summed E-state index contributed by atoms with van der Waals surface area (Å²) in [4.78, 5) is 73.1. The fourth-order valence-corrected chi connectivity index (χ4v) is 14.2. The average Bonchev–Trinajstić information content (AvgIpc) is 1.04. The predicted octanol–water partition coefficient (Wildman–Crippen LogP) is 25.1. The third kappa shape index (κ3) is 77.5. The summed E-state index contributed by atoms with van der Waals surface area (Å²) in [6.07, 6.45) is 71.5. The van der Waals surface area contributed by atoms with E-state index in [9.17, 15) is 43.2 Å². The molecule has 0 bridgehead atoms. The van der Waals surface area contributed by atoms with Crippen molar-refractivity contribution in [1.82, 2.24) is 0 Å². The van der Waals surface area contributed by atoms with Gasteiger partial charge in [0.2, 0.25) is 0 Å². The van der Waals surface area contributed by atoms with E-state index in [4.69, 9.17) is 37.0 Å². The number of allylic oxidation sites excluding steroid dienone is 4. The zero-order valence-electron chi connectivity index (χ0n) is 66.9. The van der Waals surface area contributed by atoms with Gasteiger partial charge in [0.15, 0.2) is 12.2 Å². The third-order valence-corrected chi connectivity index (χ3v) is 21.1. The van der Waals surface area contributed by atoms with Crippen LogP contribution in [-0.2, 0) is 65.4 Å². The quantitative estimate of drug-likeness (QED) is 0.0169. The van der Waals surface area contributed by atoms with Gasteiger partial charge in [-0.05, 0) is 57.3 Å². The first kappa shape index (κ1) is 101. The second-order valence-electron chi connectivity index (χ2n) is 30.0. The van der Waals surface area contributed by atoms with Crippen LogP contribution in [0.2, 0.25) is 0 Å². The van der Waals surface area contributed by atoms with Crippen molar-refractivity contribution in [3.05, 3.63) is 24.3 Å². The van der Waals surface area contributed by atoms with E-state index in [0.29, 0.717) is 25.7 Å². The first-order chi connectivity index (χ1) is 50.0. The summed E-state index contributed by atoms with van der Waals surface area (Å²) in [5.74, 6) is -1.32. The third-order valence-electron chi connectivity index (χ3n) is 19.2. The van der Waals surface area contributed by atoms with Crippen molar-refractivity contribution in [3.63, 3.8) is 0 Å². The number of aliphatic hydroxyl groups is 1. The number of phosphoric acid groups is 2. The maximum Gasteiger partial charge on any atom is 0.472 e. The van der Waals surface area contributed by atoms with E-state index in [1.807, 2.05) is 0 Å². The first-order valence-electron chi connectivity index (χ1n) is 43.0. The maximum atomic E-state index is 13.1. The van der Waals surface area contributed by atoms with Crippen molar-refractivity contribution < 1.29 is 80.2 Å². The summed E-state index contributed by atoms with van der Waals surface area (Å²) in [6.45, 7) is 7.31. The number of esters is 4. The Morgan fingerprint density at radius 3 is 0.796 bits per heavy atom. The van der Waals surface area contributed by atoms with Crippen LogP contribution in [0.25, 0.3) is 0 Å². The molecule has 17 nitrogen and oxygen atoms in total. The summed E-state index contributed by atoms with van der Waals surface area (Å²) in [5.41, 5.74) is 0. The lowest BCUT2D eigenvalue weighted by Crippen LogP contribution is -2.30. The number of aliphatic hydroxyl groups excluding tert-OH is 1. The van der Waals surface area contributed by atoms with Crippen molar-refractivity contribution >= 4 is 39.5 Å². The van der Waals surface area contributed by atoms with Crippen molar-refractivity contribution in [2.24, 2.45) is 5.92 Å². The highest BCUT2D eigenvalue weighted by Crippen LogP contribution is 2.45. The molecule has 0 saturated carbocycles. The fourth-order valence-electron chi connectivity index (χ4n) is 12.6. The monoisotopic (exact) mass is 1500 g/mol. The van der Waals surface area contributed by atoms with Crippen LogP contribution in [0.4, 0.5) is 0 Å². The minimum absolute atomic E-state index is 0.0857. The predicted molar refractivity (Wildman–Crippen MR) is 423 cm³/mol. The summed E-state index contributed by atoms with van der Waals surface area (Å²) in [5, 5.41) is 10.7. The highest BCUT2D eigenvalue weighted by Gasteiger charge is 2.30. The first-order valence-corrected chi connectivity index (χ1v) is 45.9. The van der Waals surface area contributed by atoms with E-state index in [2.05, 4.69) is 58.9 Å². The lowest BCUT2D eigenvalue weighted by molar-refractivity contribution is -0.161. The minimum atomic E-state index is -4.97. The van der Waals surface area contributed by atoms with Gasteiger partial charge in [-0.25, -0.2) is 9.13 Å². The fraction of sp³-hybridized carbons (Fsp3) is 0.905. The molecule has 0 amide bonds. The molecule has 0 fully saturated rings. The topological polar surface area (TPSA) is 237 Å². The Balaban J connectivity index is 5.27. The molecule has 0 aliphatic heterocycles. The number of carbonyl (C=O) groups excluding carboxylic acids is 4. The summed E-state index contributed by atoms with van der Waals surface area (Å²) in [6, 6.07) is 0. The zero-order valence-corrected chi connectivity index (χ0v) is 68.7. The van der Waals surface area contributed by atoms with E-state index in [1.165, 1.54) is 238 Å². The van der Waals surface area contributed by atoms with Gasteiger partial charge in [0, 0.05) is 25.7 Å². The van der Waals surface area contributed by atoms with Gasteiger partial charge in [0.25, 0.3) is 0 Å². The number of carbonyl (C=O) groups is 4. The SMILES string of the molecule is CCCCCC/C=C\C=C/CCCCCCCC(=O)O[C@H](COC(=O)CCCCCCCCCCCCC)COP(=O)(O)OC[C@H](O)COP(=O)(O)OC[C@@H](COC(=O)CCCCCCCCCCCCCCCCCCCC)OC(=O)CCCCCCCCCCCCCCCCCCC(C)C. The molecule has 0 aliphatic carbocycles. The molecule has 0 radical (unpaired) electrons. The Kier molecular flexibility index (Phi) is 74.5. The zero-order chi connectivity index (χ0) is 75.5. The van der Waals surface area contributed by atoms with Gasteiger partial charge in [-0.15, -0.1) is 0 Å². The Morgan fingerprint density at radius 1 is 0.301 bits per heavy atom. The molecule has 103 heavy (non-hydrogen) atoms. The largest absolute Gasteiger partial charge is 0.472 e. The van der Waals surface area contributed by atoms with Crippen molar-refractivity contribution in [3.8, 4) is 0 Å². The van der Waals surface area contributed by atoms with Crippen LogP contribution < -0.4 is 0 Å². The van der Waals surface area contributed by atoms with Crippen LogP contribution >= 0.6 is 15.6 Å². The molecule has 0 aliphatic rings. The van der Waals surface area contributed by atoms with Crippen molar-refractivity contribution in [2.75, 3.05) is 39.6 Å². The lowest BCUT2D eigenvalue weighted by atomic mass is 10.0. The van der Waals surface area contributed by atoms with Crippen LogP contribution in [0.3, 0.4) is 0 Å². The summed E-state index contributed by atoms with van der Waals surface area (Å²) < 4.78 is 68.8. The molecule has 0 aromatic carbocycles. The van der Waals surface area contributed by atoms with Crippen molar-refractivity contribution in [2.45, 2.75) is 445 Å². The maximum absolute atomic E-state index is 13.1. The number of rotatable bonds is 82. The molecular weight excluding hydrogens is 1340 g/mol. The van der Waals surface area contributed by atoms with Gasteiger partial charge < -0.3 is 33.8 Å². The van der Waals surface area contributed by atoms with E-state index in [0.717, 1.165) is 109 Å². The Bertz CT molecular complexity index is 2060. The molecule has 0 aromatic rings. The lowest BCUT2D eigenvalue weighted by Gasteiger charge is -2.21. The summed E-state index contributed by atoms with van der Waals surface area (Å²) in [7, 11) is -9.94. The number of ether oxygens (including phenoxy) is 4. The highest BCUT2D eigenvalue weighted by molar-refractivity contribution is 7.47. The second-order valence-corrected chi connectivity index (χ2v) is 32.9. The van der Waals surface area contributed by atoms with Gasteiger partial charge in [-0.1, -0.05) is 374 Å². The van der Waals surface area contributed by atoms with E-state index >= 15 is 0 Å². The van der Waals surface area contributed by atoms with Gasteiger partial charge in [0.05, 0.1) is 26.4 Å². The molecule has 0 saturated heterocycles. The van der Waals surface area contributed by atoms with Crippen LogP contribution in [0.5, 0.6) is 0 Å². The number of unbranched alkanes of at least 4 members (excludes halogenated alkanes) is 51. The van der Waals surface area contributed by atoms with Crippen LogP contribution in [-0.4, -0.2) is 96.7 Å². The molecular formula is C84H160O17P2. The van der Waals surface area contributed by atoms with E-state index in [1.54, 1.807) is 0 Å². The standard InChI is InChI=1S/C84H160O17P2/c1-6-9-12-15-18-21-24-26-28-29-30-35-38-43-48-53-58-63-68-82(87)95-74-80(101-84(89)70-65-60-55-50-45-40-36-32-31-34-37-42-46-51-56-61-66-77(4)5)76-99-103(92,93)97-72-78(85)71-96-102(90,91)98-75-79(73-94-81(86)67-62-57-52-47-41-23-20-17-14-11-8-3)100-83(88)69-64-59-54-49-44-39-33-27-25-22-19-16-13-10-7-2/h22,25,27,33,77-80,85H,6-21,23-24,26,28-32,34-76H2,1-5H3,(H,90,91)(H,92,93)/b25-22-,33-27-/t78-,79+,80+/m0/s1. The van der Waals surface area contributed by atoms with Gasteiger partial charge in [-0.2, -0.15) is 0 Å². The van der Waals surface area contributed by atoms with Gasteiger partial charge >= 0.3 is 39.5 Å². The van der Waals surface area contributed by atoms with E-state index in [-0.39, 0.29) is 25.7 Å². The number of hydrogen-bond acceptors (Lipinski definition) is 15. The highest BCUT2D eigenvalue weighted by atomic mass is 31.2. The van der Waals surface area contributed by atoms with Crippen LogP contribution in [0, 0.1) is 5.92 Å². The van der Waals surface area contributed by atoms with Crippen LogP contribution in [0.1, 0.15) is 426 Å². The molecule has 0 rings (SSSR count). The van der Waals surface area contributed by atoms with Crippen LogP contribution in [0.15, 0.2) is 24.3 Å². The normalized spacial score (nSPS) is 14.0. The van der Waals surface area contributed by atoms with Gasteiger partial charge in [-0.3, -0.25) is 37.3 Å². The minimum Gasteiger partial charge on any atom is -0.462 e. The molecule has 19 heteroatoms. The molecule has 5 atom stereocenters. The van der Waals surface area contributed by atoms with Gasteiger partial charge in [0.1, 0.15) is 19.3 Å². The second kappa shape index (κ2) is 76.3. The number of phosphoric ester groups is 2. The molecule has 608 valence electrons. The average molecular weight is 1500 g/mol. The Labute approximate surface area is 631 Å². The summed E-state index contributed by atoms with van der Waals surface area (Å²) >= 11 is 0. The molecule has 0 heterocycles.